The third kappa shape index (κ3) is 6.57. The monoisotopic (exact) mass is 223 g/mol. The standard InChI is InChI=1S/C12H11N.CH2O2.Li.H/c1-2-5-11(6-3-1)9-12-7-4-8-13-10-12;2-1-3;;/h1-8,10H,9H2;1H,(H,2,3);;/q;;+1;-1. The molecular weight excluding hydrogens is 209 g/mol. The van der Waals surface area contributed by atoms with Crippen molar-refractivity contribution in [3.8, 4) is 0 Å². The van der Waals surface area contributed by atoms with E-state index in [1.807, 2.05) is 18.3 Å². The number of nitrogens with zero attached hydrogens (tertiary/aromatic N) is 1. The number of carbonyl (C=O) groups is 1. The molecule has 0 saturated heterocycles. The number of aromatic nitrogens is 1. The first-order valence-electron chi connectivity index (χ1n) is 4.87. The maximum atomic E-state index is 8.36. The van der Waals surface area contributed by atoms with Gasteiger partial charge in [0.2, 0.25) is 0 Å². The number of pyridine rings is 1. The number of carboxylic acid groups (broad SMARTS) is 1. The summed E-state index contributed by atoms with van der Waals surface area (Å²) < 4.78 is 0. The van der Waals surface area contributed by atoms with Crippen LogP contribution >= 0.6 is 0 Å². The first-order valence-corrected chi connectivity index (χ1v) is 4.87. The van der Waals surface area contributed by atoms with Gasteiger partial charge in [-0.1, -0.05) is 36.4 Å². The van der Waals surface area contributed by atoms with Crippen molar-refractivity contribution in [1.82, 2.24) is 4.98 Å². The summed E-state index contributed by atoms with van der Waals surface area (Å²) in [6, 6.07) is 14.5. The number of hydrogen-bond donors (Lipinski definition) is 1. The second-order valence-corrected chi connectivity index (χ2v) is 3.13. The minimum Gasteiger partial charge on any atom is -1.00 e. The van der Waals surface area contributed by atoms with Gasteiger partial charge < -0.3 is 6.53 Å². The summed E-state index contributed by atoms with van der Waals surface area (Å²) in [7, 11) is 0. The van der Waals surface area contributed by atoms with Crippen molar-refractivity contribution in [2.45, 2.75) is 6.42 Å². The van der Waals surface area contributed by atoms with Gasteiger partial charge in [-0.3, -0.25) is 9.78 Å². The normalized spacial score (nSPS) is 8.24. The van der Waals surface area contributed by atoms with Crippen molar-refractivity contribution in [3.63, 3.8) is 0 Å². The van der Waals surface area contributed by atoms with Crippen LogP contribution in [0.3, 0.4) is 0 Å². The van der Waals surface area contributed by atoms with Crippen LogP contribution in [0.25, 0.3) is 0 Å². The fourth-order valence-electron chi connectivity index (χ4n) is 1.33. The molecule has 1 heterocycles. The third-order valence-corrected chi connectivity index (χ3v) is 1.97. The summed E-state index contributed by atoms with van der Waals surface area (Å²) in [6.07, 6.45) is 4.68. The van der Waals surface area contributed by atoms with E-state index in [9.17, 15) is 0 Å². The summed E-state index contributed by atoms with van der Waals surface area (Å²) in [5, 5.41) is 6.89. The average Bonchev–Trinajstić information content (AvgIpc) is 2.33. The van der Waals surface area contributed by atoms with Crippen LogP contribution in [0.1, 0.15) is 12.6 Å². The average molecular weight is 223 g/mol. The first kappa shape index (κ1) is 15.4. The Morgan fingerprint density at radius 1 is 1.12 bits per heavy atom. The van der Waals surface area contributed by atoms with E-state index in [1.165, 1.54) is 11.1 Å². The van der Waals surface area contributed by atoms with Gasteiger partial charge in [0.15, 0.2) is 0 Å². The zero-order chi connectivity index (χ0) is 11.6. The first-order chi connectivity index (χ1) is 7.86. The topological polar surface area (TPSA) is 50.2 Å². The van der Waals surface area contributed by atoms with Crippen molar-refractivity contribution >= 4 is 6.47 Å². The van der Waals surface area contributed by atoms with E-state index in [4.69, 9.17) is 9.90 Å². The fraction of sp³-hybridized carbons (Fsp3) is 0.0769. The van der Waals surface area contributed by atoms with E-state index in [-0.39, 0.29) is 26.8 Å². The van der Waals surface area contributed by atoms with Crippen LogP contribution in [0.15, 0.2) is 54.9 Å². The Hall–Kier alpha value is -1.56. The van der Waals surface area contributed by atoms with E-state index < -0.39 is 0 Å². The molecular formula is C13H14LiNO2. The predicted molar refractivity (Wildman–Crippen MR) is 63.3 cm³/mol. The smallest absolute Gasteiger partial charge is 1.00 e. The maximum absolute atomic E-state index is 8.36. The van der Waals surface area contributed by atoms with Gasteiger partial charge in [0.1, 0.15) is 0 Å². The molecule has 0 radical (unpaired) electrons. The van der Waals surface area contributed by atoms with Crippen LogP contribution in [0.5, 0.6) is 0 Å². The molecule has 0 aliphatic rings. The molecule has 2 aromatic rings. The Bertz CT molecular complexity index is 374. The Morgan fingerprint density at radius 2 is 1.71 bits per heavy atom. The molecule has 4 heteroatoms. The molecule has 2 rings (SSSR count). The molecule has 0 saturated carbocycles. The van der Waals surface area contributed by atoms with E-state index in [0.29, 0.717) is 0 Å². The molecule has 0 amide bonds. The van der Waals surface area contributed by atoms with Crippen LogP contribution in [-0.2, 0) is 11.2 Å². The predicted octanol–water partition coefficient (Wildman–Crippen LogP) is -0.510. The van der Waals surface area contributed by atoms with E-state index in [1.54, 1.807) is 6.20 Å². The molecule has 1 aromatic heterocycles. The second-order valence-electron chi connectivity index (χ2n) is 3.13. The molecule has 0 bridgehead atoms. The van der Waals surface area contributed by atoms with Crippen LogP contribution < -0.4 is 18.9 Å². The van der Waals surface area contributed by atoms with Gasteiger partial charge in [-0.2, -0.15) is 0 Å². The SMILES string of the molecule is O=CO.[H-].[Li+].c1ccc(Cc2cccnc2)cc1. The second kappa shape index (κ2) is 9.65. The summed E-state index contributed by atoms with van der Waals surface area (Å²) in [5.74, 6) is 0. The van der Waals surface area contributed by atoms with Gasteiger partial charge in [0, 0.05) is 12.4 Å². The Balaban J connectivity index is 0. The van der Waals surface area contributed by atoms with Gasteiger partial charge >= 0.3 is 18.9 Å². The molecule has 0 spiro atoms. The van der Waals surface area contributed by atoms with Gasteiger partial charge in [-0.25, -0.2) is 0 Å². The van der Waals surface area contributed by atoms with Crippen LogP contribution in [0.4, 0.5) is 0 Å². The quantitative estimate of drug-likeness (QED) is 0.551. The summed E-state index contributed by atoms with van der Waals surface area (Å²) in [6.45, 7) is -0.250. The van der Waals surface area contributed by atoms with Gasteiger partial charge in [0.25, 0.3) is 6.47 Å². The summed E-state index contributed by atoms with van der Waals surface area (Å²) in [5.41, 5.74) is 2.59. The Labute approximate surface area is 114 Å². The Kier molecular flexibility index (Phi) is 8.76. The molecule has 0 fully saturated rings. The zero-order valence-corrected chi connectivity index (χ0v) is 9.78. The molecule has 17 heavy (non-hydrogen) atoms. The van der Waals surface area contributed by atoms with Crippen molar-refractivity contribution in [1.29, 1.82) is 0 Å². The van der Waals surface area contributed by atoms with Crippen molar-refractivity contribution in [2.24, 2.45) is 0 Å². The van der Waals surface area contributed by atoms with Crippen LogP contribution in [0.2, 0.25) is 0 Å². The third-order valence-electron chi connectivity index (χ3n) is 1.97. The molecule has 3 nitrogen and oxygen atoms in total. The largest absolute Gasteiger partial charge is 1.00 e. The molecule has 0 aliphatic heterocycles. The van der Waals surface area contributed by atoms with Crippen LogP contribution in [-0.4, -0.2) is 16.6 Å². The minimum atomic E-state index is -0.250. The summed E-state index contributed by atoms with van der Waals surface area (Å²) in [4.78, 5) is 12.4. The van der Waals surface area contributed by atoms with Crippen molar-refractivity contribution < 1.29 is 30.2 Å². The van der Waals surface area contributed by atoms with E-state index >= 15 is 0 Å². The molecule has 1 N–H and O–H groups in total. The van der Waals surface area contributed by atoms with Gasteiger partial charge in [-0.05, 0) is 23.6 Å². The summed E-state index contributed by atoms with van der Waals surface area (Å²) >= 11 is 0. The van der Waals surface area contributed by atoms with Gasteiger partial charge in [-0.15, -0.1) is 0 Å². The molecule has 1 aromatic carbocycles. The molecule has 84 valence electrons. The van der Waals surface area contributed by atoms with Gasteiger partial charge in [0.05, 0.1) is 0 Å². The zero-order valence-electron chi connectivity index (χ0n) is 10.8. The molecule has 0 unspecified atom stereocenters. The van der Waals surface area contributed by atoms with Crippen molar-refractivity contribution in [3.05, 3.63) is 66.0 Å². The number of rotatable bonds is 2. The fourth-order valence-corrected chi connectivity index (χ4v) is 1.33. The molecule has 0 aliphatic carbocycles. The van der Waals surface area contributed by atoms with E-state index in [2.05, 4.69) is 35.3 Å². The number of hydrogen-bond acceptors (Lipinski definition) is 2. The van der Waals surface area contributed by atoms with Crippen molar-refractivity contribution in [2.75, 3.05) is 0 Å². The molecule has 0 atom stereocenters. The number of benzene rings is 1. The van der Waals surface area contributed by atoms with Crippen LogP contribution in [0, 0.1) is 0 Å². The minimum absolute atomic E-state index is 0. The Morgan fingerprint density at radius 3 is 2.24 bits per heavy atom. The maximum Gasteiger partial charge on any atom is 1.00 e. The van der Waals surface area contributed by atoms with E-state index in [0.717, 1.165) is 6.42 Å².